The van der Waals surface area contributed by atoms with E-state index in [1.807, 2.05) is 0 Å². The van der Waals surface area contributed by atoms with Crippen LogP contribution in [0.1, 0.15) is 49.1 Å². The Bertz CT molecular complexity index is 325. The van der Waals surface area contributed by atoms with E-state index in [0.717, 1.165) is 17.8 Å². The third kappa shape index (κ3) is 0.919. The van der Waals surface area contributed by atoms with E-state index in [1.54, 1.807) is 11.1 Å². The summed E-state index contributed by atoms with van der Waals surface area (Å²) in [5.41, 5.74) is 3.34. The Labute approximate surface area is 80.0 Å². The summed E-state index contributed by atoms with van der Waals surface area (Å²) in [6.07, 6.45) is 4.27. The average Bonchev–Trinajstić information content (AvgIpc) is 2.75. The maximum Gasteiger partial charge on any atom is -0.0125 e. The molecule has 0 radical (unpaired) electrons. The minimum absolute atomic E-state index is 0.908. The molecule has 0 saturated heterocycles. The molecule has 1 fully saturated rings. The lowest BCUT2D eigenvalue weighted by Crippen LogP contribution is -2.09. The Balaban J connectivity index is 2.07. The van der Waals surface area contributed by atoms with Crippen LogP contribution in [0.15, 0.2) is 24.3 Å². The summed E-state index contributed by atoms with van der Waals surface area (Å²) >= 11 is 0. The molecule has 3 unspecified atom stereocenters. The highest BCUT2D eigenvalue weighted by Gasteiger charge is 2.42. The van der Waals surface area contributed by atoms with Gasteiger partial charge in [-0.25, -0.2) is 0 Å². The van der Waals surface area contributed by atoms with Gasteiger partial charge in [0.2, 0.25) is 0 Å². The van der Waals surface area contributed by atoms with E-state index in [-0.39, 0.29) is 0 Å². The summed E-state index contributed by atoms with van der Waals surface area (Å²) in [4.78, 5) is 0. The fourth-order valence-electron chi connectivity index (χ4n) is 3.43. The van der Waals surface area contributed by atoms with Gasteiger partial charge in [-0.2, -0.15) is 0 Å². The van der Waals surface area contributed by atoms with Gasteiger partial charge in [0.05, 0.1) is 0 Å². The Morgan fingerprint density at radius 2 is 1.92 bits per heavy atom. The molecule has 2 bridgehead atoms. The minimum Gasteiger partial charge on any atom is -0.0651 e. The van der Waals surface area contributed by atoms with Crippen molar-refractivity contribution in [3.63, 3.8) is 0 Å². The second-order valence-corrected chi connectivity index (χ2v) is 4.57. The third-order valence-corrected chi connectivity index (χ3v) is 4.05. The van der Waals surface area contributed by atoms with Crippen molar-refractivity contribution in [1.29, 1.82) is 0 Å². The maximum absolute atomic E-state index is 2.35. The van der Waals surface area contributed by atoms with Gasteiger partial charge in [0.15, 0.2) is 0 Å². The van der Waals surface area contributed by atoms with E-state index in [2.05, 4.69) is 31.2 Å². The first-order chi connectivity index (χ1) is 6.40. The minimum atomic E-state index is 0.908. The highest BCUT2D eigenvalue weighted by Crippen LogP contribution is 2.56. The molecule has 68 valence electrons. The van der Waals surface area contributed by atoms with Crippen molar-refractivity contribution in [3.8, 4) is 0 Å². The monoisotopic (exact) mass is 172 g/mol. The number of hydrogen-bond acceptors (Lipinski definition) is 0. The quantitative estimate of drug-likeness (QED) is 0.606. The van der Waals surface area contributed by atoms with E-state index in [0.29, 0.717) is 0 Å². The highest BCUT2D eigenvalue weighted by atomic mass is 14.5. The zero-order valence-corrected chi connectivity index (χ0v) is 8.16. The van der Waals surface area contributed by atoms with Crippen molar-refractivity contribution in [2.75, 3.05) is 0 Å². The molecule has 13 heavy (non-hydrogen) atoms. The first-order valence-electron chi connectivity index (χ1n) is 5.49. The second-order valence-electron chi connectivity index (χ2n) is 4.57. The van der Waals surface area contributed by atoms with Crippen LogP contribution in [-0.2, 0) is 0 Å². The number of rotatable bonds is 1. The first-order valence-corrected chi connectivity index (χ1v) is 5.49. The molecule has 0 heteroatoms. The summed E-state index contributed by atoms with van der Waals surface area (Å²) in [5, 5.41) is 0. The van der Waals surface area contributed by atoms with Crippen molar-refractivity contribution < 1.29 is 0 Å². The molecule has 1 saturated carbocycles. The van der Waals surface area contributed by atoms with Crippen LogP contribution in [0.2, 0.25) is 0 Å². The summed E-state index contributed by atoms with van der Waals surface area (Å²) in [5.74, 6) is 2.80. The van der Waals surface area contributed by atoms with Crippen LogP contribution in [0.5, 0.6) is 0 Å². The van der Waals surface area contributed by atoms with Crippen LogP contribution in [0.3, 0.4) is 0 Å². The molecule has 2 aliphatic rings. The lowest BCUT2D eigenvalue weighted by atomic mass is 9.82. The predicted octanol–water partition coefficient (Wildman–Crippen LogP) is 3.69. The highest BCUT2D eigenvalue weighted by molar-refractivity contribution is 5.41. The molecule has 0 aliphatic heterocycles. The lowest BCUT2D eigenvalue weighted by molar-refractivity contribution is 0.453. The van der Waals surface area contributed by atoms with Crippen LogP contribution >= 0.6 is 0 Å². The zero-order valence-electron chi connectivity index (χ0n) is 8.16. The molecule has 1 aromatic rings. The van der Waals surface area contributed by atoms with Gasteiger partial charge in [-0.1, -0.05) is 37.6 Å². The van der Waals surface area contributed by atoms with Gasteiger partial charge in [-0.05, 0) is 41.7 Å². The van der Waals surface area contributed by atoms with Crippen LogP contribution in [0, 0.1) is 5.92 Å². The molecule has 0 aromatic heterocycles. The molecular weight excluding hydrogens is 156 g/mol. The van der Waals surface area contributed by atoms with Gasteiger partial charge in [0.25, 0.3) is 0 Å². The number of hydrogen-bond donors (Lipinski definition) is 0. The Hall–Kier alpha value is -0.780. The molecule has 1 aromatic carbocycles. The van der Waals surface area contributed by atoms with Crippen LogP contribution in [0.25, 0.3) is 0 Å². The van der Waals surface area contributed by atoms with Gasteiger partial charge in [0.1, 0.15) is 0 Å². The zero-order chi connectivity index (χ0) is 8.84. The second kappa shape index (κ2) is 2.60. The van der Waals surface area contributed by atoms with Crippen LogP contribution < -0.4 is 0 Å². The molecule has 3 rings (SSSR count). The molecule has 0 heterocycles. The van der Waals surface area contributed by atoms with E-state index in [1.165, 1.54) is 19.3 Å². The van der Waals surface area contributed by atoms with Gasteiger partial charge < -0.3 is 0 Å². The topological polar surface area (TPSA) is 0 Å². The summed E-state index contributed by atoms with van der Waals surface area (Å²) < 4.78 is 0. The number of benzene rings is 1. The molecule has 0 spiro atoms. The SMILES string of the molecule is CCC1CC2CC1c1ccccc12. The van der Waals surface area contributed by atoms with Gasteiger partial charge in [-0.3, -0.25) is 0 Å². The maximum atomic E-state index is 2.35. The summed E-state index contributed by atoms with van der Waals surface area (Å²) in [6.45, 7) is 2.34. The van der Waals surface area contributed by atoms with E-state index in [4.69, 9.17) is 0 Å². The van der Waals surface area contributed by atoms with Crippen molar-refractivity contribution in [3.05, 3.63) is 35.4 Å². The lowest BCUT2D eigenvalue weighted by Gasteiger charge is -2.22. The molecular formula is C13H16. The first kappa shape index (κ1) is 7.61. The molecule has 3 atom stereocenters. The Morgan fingerprint density at radius 1 is 1.15 bits per heavy atom. The molecule has 2 aliphatic carbocycles. The molecule has 0 N–H and O–H groups in total. The van der Waals surface area contributed by atoms with Gasteiger partial charge in [-0.15, -0.1) is 0 Å². The fourth-order valence-corrected chi connectivity index (χ4v) is 3.43. The standard InChI is InChI=1S/C13H16/c1-2-9-7-10-8-13(9)12-6-4-3-5-11(10)12/h3-6,9-10,13H,2,7-8H2,1H3. The van der Waals surface area contributed by atoms with E-state index in [9.17, 15) is 0 Å². The Kier molecular flexibility index (Phi) is 1.52. The predicted molar refractivity (Wildman–Crippen MR) is 54.9 cm³/mol. The normalized spacial score (nSPS) is 35.0. The summed E-state index contributed by atoms with van der Waals surface area (Å²) in [6, 6.07) is 9.08. The van der Waals surface area contributed by atoms with Crippen molar-refractivity contribution in [2.24, 2.45) is 5.92 Å². The van der Waals surface area contributed by atoms with Gasteiger partial charge >= 0.3 is 0 Å². The van der Waals surface area contributed by atoms with Crippen molar-refractivity contribution in [2.45, 2.75) is 38.0 Å². The average molecular weight is 172 g/mol. The van der Waals surface area contributed by atoms with E-state index >= 15 is 0 Å². The molecule has 0 amide bonds. The van der Waals surface area contributed by atoms with Crippen molar-refractivity contribution in [1.82, 2.24) is 0 Å². The fraction of sp³-hybridized carbons (Fsp3) is 0.538. The Morgan fingerprint density at radius 3 is 2.69 bits per heavy atom. The molecule has 0 nitrogen and oxygen atoms in total. The third-order valence-electron chi connectivity index (χ3n) is 4.05. The smallest absolute Gasteiger partial charge is 0.0125 e. The largest absolute Gasteiger partial charge is 0.0651 e. The summed E-state index contributed by atoms with van der Waals surface area (Å²) in [7, 11) is 0. The van der Waals surface area contributed by atoms with E-state index < -0.39 is 0 Å². The van der Waals surface area contributed by atoms with Crippen molar-refractivity contribution >= 4 is 0 Å². The van der Waals surface area contributed by atoms with Gasteiger partial charge in [0, 0.05) is 0 Å². The van der Waals surface area contributed by atoms with Crippen LogP contribution in [-0.4, -0.2) is 0 Å². The number of fused-ring (bicyclic) bond motifs is 5. The van der Waals surface area contributed by atoms with Crippen LogP contribution in [0.4, 0.5) is 0 Å².